The maximum absolute atomic E-state index is 11.5. The lowest BCUT2D eigenvalue weighted by molar-refractivity contribution is -0.147. The largest absolute Gasteiger partial charge is 0.493 e. The van der Waals surface area contributed by atoms with Gasteiger partial charge < -0.3 is 19.6 Å². The molecule has 6 nitrogen and oxygen atoms in total. The van der Waals surface area contributed by atoms with Gasteiger partial charge in [-0.2, -0.15) is 0 Å². The first-order chi connectivity index (χ1) is 12.0. The minimum absolute atomic E-state index is 0.307. The maximum Gasteiger partial charge on any atom is 0.346 e. The lowest BCUT2D eigenvalue weighted by Gasteiger charge is -2.17. The van der Waals surface area contributed by atoms with Crippen LogP contribution in [0.15, 0.2) is 42.5 Å². The minimum Gasteiger partial charge on any atom is -0.493 e. The van der Waals surface area contributed by atoms with Crippen molar-refractivity contribution in [3.63, 3.8) is 0 Å². The van der Waals surface area contributed by atoms with Crippen LogP contribution >= 0.6 is 11.6 Å². The van der Waals surface area contributed by atoms with E-state index in [0.29, 0.717) is 23.1 Å². The van der Waals surface area contributed by atoms with E-state index in [-0.39, 0.29) is 0 Å². The molecule has 0 aliphatic carbocycles. The number of nitrogens with one attached hydrogen (secondary N) is 2. The number of benzene rings is 2. The number of halogens is 1. The highest BCUT2D eigenvalue weighted by atomic mass is 35.5. The van der Waals surface area contributed by atoms with E-state index in [0.717, 1.165) is 11.3 Å². The maximum atomic E-state index is 11.5. The summed E-state index contributed by atoms with van der Waals surface area (Å²) in [6.07, 6.45) is -0.792. The molecule has 1 unspecified atom stereocenters. The molecule has 0 amide bonds. The summed E-state index contributed by atoms with van der Waals surface area (Å²) in [6.45, 7) is 2.10. The molecular weight excluding hydrogens is 344 g/mol. The Kier molecular flexibility index (Phi) is 6.91. The Balaban J connectivity index is 2.06. The van der Waals surface area contributed by atoms with Crippen LogP contribution in [0.4, 0.5) is 5.69 Å². The van der Waals surface area contributed by atoms with Gasteiger partial charge in [-0.05, 0) is 36.8 Å². The second-order valence-electron chi connectivity index (χ2n) is 5.24. The Hall–Kier alpha value is -2.44. The van der Waals surface area contributed by atoms with Gasteiger partial charge in [-0.3, -0.25) is 0 Å². The standard InChI is InChI=1S/C18H21ClN2O4/c1-12(18(22)24-3)25-17-15(19)9-13(10-16(17)23-2)11-20-21-14-7-5-4-6-8-14/h4-10,12,20-21H,11H2,1-3H3. The molecule has 1 atom stereocenters. The number of ether oxygens (including phenoxy) is 3. The fourth-order valence-electron chi connectivity index (χ4n) is 2.15. The van der Waals surface area contributed by atoms with Crippen LogP contribution < -0.4 is 20.3 Å². The molecule has 0 saturated heterocycles. The fourth-order valence-corrected chi connectivity index (χ4v) is 2.43. The van der Waals surface area contributed by atoms with Gasteiger partial charge in [0.05, 0.1) is 19.2 Å². The van der Waals surface area contributed by atoms with Gasteiger partial charge >= 0.3 is 5.97 Å². The summed E-state index contributed by atoms with van der Waals surface area (Å²) in [5, 5.41) is 0.353. The number of rotatable bonds is 8. The summed E-state index contributed by atoms with van der Waals surface area (Å²) >= 11 is 6.30. The molecule has 0 heterocycles. The topological polar surface area (TPSA) is 68.8 Å². The quantitative estimate of drug-likeness (QED) is 0.552. The second kappa shape index (κ2) is 9.15. The SMILES string of the molecule is COC(=O)C(C)Oc1c(Cl)cc(CNNc2ccccc2)cc1OC. The summed E-state index contributed by atoms with van der Waals surface area (Å²) < 4.78 is 15.6. The van der Waals surface area contributed by atoms with Gasteiger partial charge in [-0.1, -0.05) is 29.8 Å². The third-order valence-electron chi connectivity index (χ3n) is 3.42. The summed E-state index contributed by atoms with van der Waals surface area (Å²) in [5.74, 6) is 0.262. The molecule has 0 fully saturated rings. The molecule has 0 bridgehead atoms. The molecule has 0 spiro atoms. The molecule has 2 N–H and O–H groups in total. The first-order valence-electron chi connectivity index (χ1n) is 7.70. The van der Waals surface area contributed by atoms with Gasteiger partial charge in [-0.15, -0.1) is 0 Å². The molecule has 0 saturated carbocycles. The normalized spacial score (nSPS) is 11.5. The molecule has 0 aliphatic rings. The molecule has 0 radical (unpaired) electrons. The number of carbonyl (C=O) groups is 1. The average Bonchev–Trinajstić information content (AvgIpc) is 2.63. The Labute approximate surface area is 152 Å². The number of methoxy groups -OCH3 is 2. The van der Waals surface area contributed by atoms with E-state index in [9.17, 15) is 4.79 Å². The van der Waals surface area contributed by atoms with Crippen molar-refractivity contribution < 1.29 is 19.0 Å². The number of hydrogen-bond donors (Lipinski definition) is 2. The van der Waals surface area contributed by atoms with Gasteiger partial charge in [0, 0.05) is 12.2 Å². The van der Waals surface area contributed by atoms with E-state index in [4.69, 9.17) is 21.1 Å². The summed E-state index contributed by atoms with van der Waals surface area (Å²) in [7, 11) is 2.82. The number of hydrazine groups is 1. The van der Waals surface area contributed by atoms with Crippen molar-refractivity contribution in [2.24, 2.45) is 0 Å². The van der Waals surface area contributed by atoms with Gasteiger partial charge in [0.25, 0.3) is 0 Å². The summed E-state index contributed by atoms with van der Waals surface area (Å²) in [6, 6.07) is 13.3. The van der Waals surface area contributed by atoms with Crippen LogP contribution in [0.1, 0.15) is 12.5 Å². The second-order valence-corrected chi connectivity index (χ2v) is 5.64. The first-order valence-corrected chi connectivity index (χ1v) is 8.07. The molecular formula is C18H21ClN2O4. The number of esters is 1. The van der Waals surface area contributed by atoms with E-state index in [1.165, 1.54) is 14.2 Å². The minimum atomic E-state index is -0.792. The van der Waals surface area contributed by atoms with E-state index < -0.39 is 12.1 Å². The van der Waals surface area contributed by atoms with Crippen molar-refractivity contribution in [1.82, 2.24) is 5.43 Å². The molecule has 134 valence electrons. The van der Waals surface area contributed by atoms with E-state index in [1.54, 1.807) is 19.1 Å². The van der Waals surface area contributed by atoms with Crippen molar-refractivity contribution in [3.05, 3.63) is 53.1 Å². The highest BCUT2D eigenvalue weighted by molar-refractivity contribution is 6.32. The third-order valence-corrected chi connectivity index (χ3v) is 3.70. The van der Waals surface area contributed by atoms with Gasteiger partial charge in [0.2, 0.25) is 0 Å². The fraction of sp³-hybridized carbons (Fsp3) is 0.278. The van der Waals surface area contributed by atoms with E-state index in [1.807, 2.05) is 30.3 Å². The number of hydrogen-bond acceptors (Lipinski definition) is 6. The van der Waals surface area contributed by atoms with Gasteiger partial charge in [-0.25, -0.2) is 10.2 Å². The van der Waals surface area contributed by atoms with Crippen molar-refractivity contribution in [2.45, 2.75) is 19.6 Å². The molecule has 0 aliphatic heterocycles. The smallest absolute Gasteiger partial charge is 0.346 e. The third kappa shape index (κ3) is 5.27. The van der Waals surface area contributed by atoms with E-state index >= 15 is 0 Å². The molecule has 2 aromatic rings. The van der Waals surface area contributed by atoms with Gasteiger partial charge in [0.1, 0.15) is 0 Å². The predicted molar refractivity (Wildman–Crippen MR) is 97.0 cm³/mol. The lowest BCUT2D eigenvalue weighted by atomic mass is 10.2. The Morgan fingerprint density at radius 3 is 2.56 bits per heavy atom. The average molecular weight is 365 g/mol. The van der Waals surface area contributed by atoms with Crippen LogP contribution in [0.2, 0.25) is 5.02 Å². The number of anilines is 1. The first kappa shape index (κ1) is 18.9. The summed E-state index contributed by atoms with van der Waals surface area (Å²) in [4.78, 5) is 11.5. The Morgan fingerprint density at radius 1 is 1.20 bits per heavy atom. The molecule has 0 aromatic heterocycles. The molecule has 7 heteroatoms. The van der Waals surface area contributed by atoms with Crippen LogP contribution in [-0.2, 0) is 16.1 Å². The van der Waals surface area contributed by atoms with Gasteiger partial charge in [0.15, 0.2) is 17.6 Å². The van der Waals surface area contributed by atoms with Crippen molar-refractivity contribution in [1.29, 1.82) is 0 Å². The summed E-state index contributed by atoms with van der Waals surface area (Å²) in [5.41, 5.74) is 8.04. The lowest BCUT2D eigenvalue weighted by Crippen LogP contribution is -2.25. The zero-order valence-electron chi connectivity index (χ0n) is 14.3. The zero-order chi connectivity index (χ0) is 18.2. The molecule has 25 heavy (non-hydrogen) atoms. The predicted octanol–water partition coefficient (Wildman–Crippen LogP) is 3.41. The highest BCUT2D eigenvalue weighted by Crippen LogP contribution is 2.37. The number of para-hydroxylation sites is 1. The van der Waals surface area contributed by atoms with Crippen molar-refractivity contribution in [2.75, 3.05) is 19.6 Å². The van der Waals surface area contributed by atoms with Crippen molar-refractivity contribution >= 4 is 23.3 Å². The van der Waals surface area contributed by atoms with Crippen LogP contribution in [0.25, 0.3) is 0 Å². The molecule has 2 aromatic carbocycles. The monoisotopic (exact) mass is 364 g/mol. The molecule has 2 rings (SSSR count). The van der Waals surface area contributed by atoms with Crippen LogP contribution in [0.5, 0.6) is 11.5 Å². The Morgan fingerprint density at radius 2 is 1.92 bits per heavy atom. The van der Waals surface area contributed by atoms with Crippen LogP contribution in [0, 0.1) is 0 Å². The van der Waals surface area contributed by atoms with Crippen molar-refractivity contribution in [3.8, 4) is 11.5 Å². The number of carbonyl (C=O) groups excluding carboxylic acids is 1. The zero-order valence-corrected chi connectivity index (χ0v) is 15.1. The Bertz CT molecular complexity index is 710. The van der Waals surface area contributed by atoms with Crippen LogP contribution in [-0.4, -0.2) is 26.3 Å². The highest BCUT2D eigenvalue weighted by Gasteiger charge is 2.20. The van der Waals surface area contributed by atoms with E-state index in [2.05, 4.69) is 15.6 Å². The van der Waals surface area contributed by atoms with Crippen LogP contribution in [0.3, 0.4) is 0 Å².